The van der Waals surface area contributed by atoms with E-state index in [2.05, 4.69) is 0 Å². The third-order valence-corrected chi connectivity index (χ3v) is 4.89. The number of hydrogen-bond acceptors (Lipinski definition) is 3. The summed E-state index contributed by atoms with van der Waals surface area (Å²) in [4.78, 5) is 14.5. The normalized spacial score (nSPS) is 14.2. The first-order valence-electron chi connectivity index (χ1n) is 8.02. The van der Waals surface area contributed by atoms with Crippen LogP contribution in [0.5, 0.6) is 5.75 Å². The minimum Gasteiger partial charge on any atom is -0.492 e. The number of rotatable bonds is 6. The first-order chi connectivity index (χ1) is 11.7. The highest BCUT2D eigenvalue weighted by molar-refractivity contribution is 7.98. The molecule has 3 nitrogen and oxygen atoms in total. The average molecular weight is 345 g/mol. The second-order valence-electron chi connectivity index (χ2n) is 5.71. The number of benzene rings is 2. The summed E-state index contributed by atoms with van der Waals surface area (Å²) in [6, 6.07) is 12.7. The number of thioether (sulfide) groups is 1. The van der Waals surface area contributed by atoms with E-state index in [9.17, 15) is 9.18 Å². The first kappa shape index (κ1) is 16.8. The summed E-state index contributed by atoms with van der Waals surface area (Å²) in [6.07, 6.45) is 3.53. The Morgan fingerprint density at radius 3 is 2.83 bits per heavy atom. The second-order valence-corrected chi connectivity index (χ2v) is 6.56. The van der Waals surface area contributed by atoms with Crippen molar-refractivity contribution in [3.8, 4) is 16.9 Å². The van der Waals surface area contributed by atoms with Gasteiger partial charge in [0.1, 0.15) is 18.2 Å². The quantitative estimate of drug-likeness (QED) is 0.734. The zero-order valence-electron chi connectivity index (χ0n) is 13.6. The summed E-state index contributed by atoms with van der Waals surface area (Å²) in [6.45, 7) is 1.71. The molecule has 2 aromatic rings. The van der Waals surface area contributed by atoms with E-state index in [1.165, 1.54) is 12.1 Å². The lowest BCUT2D eigenvalue weighted by Crippen LogP contribution is -2.29. The Morgan fingerprint density at radius 1 is 1.25 bits per heavy atom. The predicted octanol–water partition coefficient (Wildman–Crippen LogP) is 4.22. The van der Waals surface area contributed by atoms with Gasteiger partial charge >= 0.3 is 0 Å². The minimum absolute atomic E-state index is 0.174. The molecule has 0 aromatic heterocycles. The Kier molecular flexibility index (Phi) is 5.41. The Labute approximate surface area is 145 Å². The highest BCUT2D eigenvalue weighted by atomic mass is 32.2. The zero-order valence-corrected chi connectivity index (χ0v) is 14.4. The van der Waals surface area contributed by atoms with Crippen LogP contribution in [0.25, 0.3) is 11.1 Å². The van der Waals surface area contributed by atoms with E-state index >= 15 is 0 Å². The van der Waals surface area contributed by atoms with E-state index in [-0.39, 0.29) is 11.7 Å². The van der Waals surface area contributed by atoms with E-state index in [0.29, 0.717) is 25.3 Å². The molecule has 0 spiro atoms. The number of likely N-dealkylation sites (tertiary alicyclic amines) is 1. The molecule has 1 aliphatic rings. The lowest BCUT2D eigenvalue weighted by molar-refractivity contribution is -0.128. The van der Waals surface area contributed by atoms with Gasteiger partial charge < -0.3 is 9.64 Å². The van der Waals surface area contributed by atoms with E-state index in [1.807, 2.05) is 36.6 Å². The number of carbonyl (C=O) groups is 1. The molecule has 0 saturated carbocycles. The second kappa shape index (κ2) is 7.71. The van der Waals surface area contributed by atoms with Crippen LogP contribution in [0, 0.1) is 5.82 Å². The van der Waals surface area contributed by atoms with Crippen molar-refractivity contribution in [1.29, 1.82) is 0 Å². The number of carbonyl (C=O) groups excluding carboxylic acids is 1. The van der Waals surface area contributed by atoms with Gasteiger partial charge in [-0.25, -0.2) is 4.39 Å². The molecule has 1 fully saturated rings. The van der Waals surface area contributed by atoms with Gasteiger partial charge in [-0.2, -0.15) is 0 Å². The van der Waals surface area contributed by atoms with Crippen molar-refractivity contribution in [3.05, 3.63) is 48.3 Å². The van der Waals surface area contributed by atoms with Crippen LogP contribution in [0.4, 0.5) is 4.39 Å². The number of hydrogen-bond donors (Lipinski definition) is 0. The fraction of sp³-hybridized carbons (Fsp3) is 0.316. The van der Waals surface area contributed by atoms with Crippen molar-refractivity contribution in [3.63, 3.8) is 0 Å². The maximum absolute atomic E-state index is 14.0. The maximum atomic E-state index is 14.0. The summed E-state index contributed by atoms with van der Waals surface area (Å²) in [5, 5.41) is 0. The molecule has 5 heteroatoms. The number of nitrogens with zero attached hydrogens (tertiary/aromatic N) is 1. The Morgan fingerprint density at radius 2 is 2.08 bits per heavy atom. The molecular formula is C19H20FNO2S. The van der Waals surface area contributed by atoms with Crippen molar-refractivity contribution < 1.29 is 13.9 Å². The molecule has 2 aromatic carbocycles. The van der Waals surface area contributed by atoms with Crippen molar-refractivity contribution in [1.82, 2.24) is 4.90 Å². The van der Waals surface area contributed by atoms with Crippen LogP contribution in [-0.2, 0) is 4.79 Å². The summed E-state index contributed by atoms with van der Waals surface area (Å²) in [5.41, 5.74) is 1.79. The lowest BCUT2D eigenvalue weighted by atomic mass is 10.1. The standard InChI is InChI=1S/C19H20FNO2S/c1-24-18-6-3-2-5-17(18)14-11-15(20)13-16(12-14)23-10-9-21-8-4-7-19(21)22/h2-3,5-6,11-13H,4,7-10H2,1H3. The molecule has 0 unspecified atom stereocenters. The molecule has 1 saturated heterocycles. The molecule has 0 radical (unpaired) electrons. The third-order valence-electron chi connectivity index (χ3n) is 4.09. The minimum atomic E-state index is -0.323. The van der Waals surface area contributed by atoms with Crippen molar-refractivity contribution in [2.45, 2.75) is 17.7 Å². The largest absolute Gasteiger partial charge is 0.492 e. The van der Waals surface area contributed by atoms with Crippen LogP contribution >= 0.6 is 11.8 Å². The van der Waals surface area contributed by atoms with Gasteiger partial charge in [0.2, 0.25) is 5.91 Å². The summed E-state index contributed by atoms with van der Waals surface area (Å²) >= 11 is 1.63. The average Bonchev–Trinajstić information content (AvgIpc) is 2.99. The van der Waals surface area contributed by atoms with Gasteiger partial charge in [-0.15, -0.1) is 11.8 Å². The Balaban J connectivity index is 1.73. The zero-order chi connectivity index (χ0) is 16.9. The van der Waals surface area contributed by atoms with E-state index < -0.39 is 0 Å². The fourth-order valence-corrected chi connectivity index (χ4v) is 3.52. The molecule has 24 heavy (non-hydrogen) atoms. The topological polar surface area (TPSA) is 29.5 Å². The highest BCUT2D eigenvalue weighted by Crippen LogP contribution is 2.32. The smallest absolute Gasteiger partial charge is 0.222 e. The Hall–Kier alpha value is -2.01. The van der Waals surface area contributed by atoms with Crippen molar-refractivity contribution in [2.75, 3.05) is 26.0 Å². The van der Waals surface area contributed by atoms with Gasteiger partial charge in [0.25, 0.3) is 0 Å². The number of amides is 1. The van der Waals surface area contributed by atoms with Crippen molar-refractivity contribution >= 4 is 17.7 Å². The van der Waals surface area contributed by atoms with E-state index in [4.69, 9.17) is 4.74 Å². The number of halogens is 1. The van der Waals surface area contributed by atoms with Crippen LogP contribution in [0.15, 0.2) is 47.4 Å². The monoisotopic (exact) mass is 345 g/mol. The molecule has 3 rings (SSSR count). The van der Waals surface area contributed by atoms with E-state index in [0.717, 1.165) is 29.0 Å². The van der Waals surface area contributed by atoms with Crippen LogP contribution in [-0.4, -0.2) is 36.8 Å². The summed E-state index contributed by atoms with van der Waals surface area (Å²) in [5.74, 6) is 0.343. The van der Waals surface area contributed by atoms with Crippen LogP contribution in [0.2, 0.25) is 0 Å². The molecule has 0 atom stereocenters. The summed E-state index contributed by atoms with van der Waals surface area (Å²) < 4.78 is 19.7. The number of ether oxygens (including phenoxy) is 1. The molecule has 1 aliphatic heterocycles. The van der Waals surface area contributed by atoms with Crippen LogP contribution in [0.3, 0.4) is 0 Å². The van der Waals surface area contributed by atoms with Gasteiger partial charge in [-0.1, -0.05) is 18.2 Å². The van der Waals surface area contributed by atoms with Gasteiger partial charge in [0.15, 0.2) is 0 Å². The third kappa shape index (κ3) is 3.90. The van der Waals surface area contributed by atoms with Gasteiger partial charge in [-0.05, 0) is 42.0 Å². The van der Waals surface area contributed by atoms with E-state index in [1.54, 1.807) is 16.7 Å². The van der Waals surface area contributed by atoms with Crippen LogP contribution in [0.1, 0.15) is 12.8 Å². The SMILES string of the molecule is CSc1ccccc1-c1cc(F)cc(OCCN2CCCC2=O)c1. The molecule has 0 N–H and O–H groups in total. The maximum Gasteiger partial charge on any atom is 0.222 e. The molecule has 0 aliphatic carbocycles. The summed E-state index contributed by atoms with van der Waals surface area (Å²) in [7, 11) is 0. The molecular weight excluding hydrogens is 325 g/mol. The fourth-order valence-electron chi connectivity index (χ4n) is 2.90. The van der Waals surface area contributed by atoms with Gasteiger partial charge in [0, 0.05) is 23.9 Å². The Bertz CT molecular complexity index is 735. The molecule has 126 valence electrons. The first-order valence-corrected chi connectivity index (χ1v) is 9.24. The van der Waals surface area contributed by atoms with Crippen LogP contribution < -0.4 is 4.74 Å². The van der Waals surface area contributed by atoms with Crippen molar-refractivity contribution in [2.24, 2.45) is 0 Å². The molecule has 1 amide bonds. The van der Waals surface area contributed by atoms with Gasteiger partial charge in [0.05, 0.1) is 6.54 Å². The molecule has 0 bridgehead atoms. The predicted molar refractivity (Wildman–Crippen MR) is 94.9 cm³/mol. The highest BCUT2D eigenvalue weighted by Gasteiger charge is 2.19. The molecule has 1 heterocycles. The lowest BCUT2D eigenvalue weighted by Gasteiger charge is -2.16. The van der Waals surface area contributed by atoms with Gasteiger partial charge in [-0.3, -0.25) is 4.79 Å².